The molecular weight excluding hydrogens is 348 g/mol. The van der Waals surface area contributed by atoms with Gasteiger partial charge in [0, 0.05) is 22.2 Å². The Labute approximate surface area is 160 Å². The molecule has 1 aromatic heterocycles. The fraction of sp³-hybridized carbons (Fsp3) is 0.286. The van der Waals surface area contributed by atoms with E-state index in [1.54, 1.807) is 0 Å². The number of halogens is 1. The average molecular weight is 371 g/mol. The minimum Gasteiger partial charge on any atom is -0.303 e. The smallest absolute Gasteiger partial charge is 0.105 e. The minimum absolute atomic E-state index is 0. The van der Waals surface area contributed by atoms with Crippen LogP contribution in [0.15, 0.2) is 65.7 Å². The SMILES string of the molecule is CN(C)C1(CSc2nc3ccccc3cc2-c2ccccc2)CC1.Cl. The van der Waals surface area contributed by atoms with E-state index < -0.39 is 0 Å². The van der Waals surface area contributed by atoms with Gasteiger partial charge in [0.25, 0.3) is 0 Å². The van der Waals surface area contributed by atoms with Gasteiger partial charge in [-0.25, -0.2) is 4.98 Å². The molecule has 3 aromatic rings. The Balaban J connectivity index is 0.00000182. The van der Waals surface area contributed by atoms with Gasteiger partial charge >= 0.3 is 0 Å². The molecule has 0 bridgehead atoms. The number of fused-ring (bicyclic) bond motifs is 1. The van der Waals surface area contributed by atoms with Crippen molar-refractivity contribution in [2.45, 2.75) is 23.4 Å². The van der Waals surface area contributed by atoms with Crippen molar-refractivity contribution in [2.75, 3.05) is 19.8 Å². The van der Waals surface area contributed by atoms with Crippen LogP contribution in [0.1, 0.15) is 12.8 Å². The Morgan fingerprint density at radius 3 is 2.36 bits per heavy atom. The Morgan fingerprint density at radius 2 is 1.68 bits per heavy atom. The molecule has 0 unspecified atom stereocenters. The molecule has 0 spiro atoms. The number of hydrogen-bond donors (Lipinski definition) is 0. The molecule has 1 aliphatic rings. The van der Waals surface area contributed by atoms with Crippen LogP contribution in [0.3, 0.4) is 0 Å². The fourth-order valence-electron chi connectivity index (χ4n) is 3.10. The largest absolute Gasteiger partial charge is 0.303 e. The average Bonchev–Trinajstić information content (AvgIpc) is 3.41. The Kier molecular flexibility index (Phi) is 5.38. The van der Waals surface area contributed by atoms with E-state index >= 15 is 0 Å². The van der Waals surface area contributed by atoms with Crippen molar-refractivity contribution in [1.82, 2.24) is 9.88 Å². The topological polar surface area (TPSA) is 16.1 Å². The maximum atomic E-state index is 4.99. The van der Waals surface area contributed by atoms with Crippen LogP contribution < -0.4 is 0 Å². The molecule has 4 rings (SSSR count). The molecule has 0 aliphatic heterocycles. The van der Waals surface area contributed by atoms with Gasteiger partial charge in [0.05, 0.1) is 5.52 Å². The van der Waals surface area contributed by atoms with Crippen LogP contribution in [0.2, 0.25) is 0 Å². The predicted molar refractivity (Wildman–Crippen MR) is 111 cm³/mol. The van der Waals surface area contributed by atoms with Crippen molar-refractivity contribution >= 4 is 35.1 Å². The van der Waals surface area contributed by atoms with E-state index in [-0.39, 0.29) is 12.4 Å². The first kappa shape index (κ1) is 18.2. The van der Waals surface area contributed by atoms with Gasteiger partial charge in [0.2, 0.25) is 0 Å². The minimum atomic E-state index is 0. The van der Waals surface area contributed by atoms with Crippen molar-refractivity contribution in [3.8, 4) is 11.1 Å². The third-order valence-electron chi connectivity index (χ3n) is 5.03. The second kappa shape index (κ2) is 7.36. The second-order valence-corrected chi connectivity index (χ2v) is 7.77. The van der Waals surface area contributed by atoms with Crippen molar-refractivity contribution in [1.29, 1.82) is 0 Å². The van der Waals surface area contributed by atoms with Crippen molar-refractivity contribution in [3.05, 3.63) is 60.7 Å². The summed E-state index contributed by atoms with van der Waals surface area (Å²) in [5.41, 5.74) is 3.93. The molecule has 4 heteroatoms. The molecular formula is C21H23ClN2S. The number of thioether (sulfide) groups is 1. The van der Waals surface area contributed by atoms with Crippen molar-refractivity contribution in [3.63, 3.8) is 0 Å². The van der Waals surface area contributed by atoms with Crippen LogP contribution in [-0.2, 0) is 0 Å². The molecule has 25 heavy (non-hydrogen) atoms. The van der Waals surface area contributed by atoms with Gasteiger partial charge in [-0.05, 0) is 44.6 Å². The van der Waals surface area contributed by atoms with E-state index in [9.17, 15) is 0 Å². The van der Waals surface area contributed by atoms with Crippen molar-refractivity contribution in [2.24, 2.45) is 0 Å². The van der Waals surface area contributed by atoms with Gasteiger partial charge in [-0.15, -0.1) is 24.2 Å². The fourth-order valence-corrected chi connectivity index (χ4v) is 4.55. The Morgan fingerprint density at radius 1 is 1.00 bits per heavy atom. The number of nitrogens with zero attached hydrogens (tertiary/aromatic N) is 2. The maximum absolute atomic E-state index is 4.99. The zero-order chi connectivity index (χ0) is 16.6. The van der Waals surface area contributed by atoms with Gasteiger partial charge in [0.1, 0.15) is 5.03 Å². The zero-order valence-corrected chi connectivity index (χ0v) is 16.2. The van der Waals surface area contributed by atoms with Gasteiger partial charge < -0.3 is 4.90 Å². The lowest BCUT2D eigenvalue weighted by Crippen LogP contribution is -2.32. The number of pyridine rings is 1. The van der Waals surface area contributed by atoms with Crippen LogP contribution in [0.25, 0.3) is 22.0 Å². The number of benzene rings is 2. The van der Waals surface area contributed by atoms with E-state index in [4.69, 9.17) is 4.98 Å². The highest BCUT2D eigenvalue weighted by molar-refractivity contribution is 7.99. The molecule has 0 atom stereocenters. The van der Waals surface area contributed by atoms with Gasteiger partial charge in [-0.2, -0.15) is 0 Å². The molecule has 1 aliphatic carbocycles. The molecule has 2 nitrogen and oxygen atoms in total. The van der Waals surface area contributed by atoms with E-state index in [0.29, 0.717) is 5.54 Å². The van der Waals surface area contributed by atoms with Crippen LogP contribution in [0.4, 0.5) is 0 Å². The summed E-state index contributed by atoms with van der Waals surface area (Å²) < 4.78 is 0. The first-order chi connectivity index (χ1) is 11.7. The molecule has 1 fully saturated rings. The normalized spacial score (nSPS) is 15.2. The summed E-state index contributed by atoms with van der Waals surface area (Å²) in [6, 6.07) is 21.3. The highest BCUT2D eigenvalue weighted by Crippen LogP contribution is 2.45. The van der Waals surface area contributed by atoms with Crippen LogP contribution >= 0.6 is 24.2 Å². The number of rotatable bonds is 5. The standard InChI is InChI=1S/C21H22N2S.ClH/c1-23(2)21(12-13-21)15-24-20-18(16-8-4-3-5-9-16)14-17-10-6-7-11-19(17)22-20;/h3-11,14H,12-13,15H2,1-2H3;1H. The monoisotopic (exact) mass is 370 g/mol. The van der Waals surface area contributed by atoms with Crippen molar-refractivity contribution < 1.29 is 0 Å². The molecule has 1 saturated carbocycles. The summed E-state index contributed by atoms with van der Waals surface area (Å²) in [5, 5.41) is 2.35. The zero-order valence-electron chi connectivity index (χ0n) is 14.6. The number of aromatic nitrogens is 1. The molecule has 1 heterocycles. The summed E-state index contributed by atoms with van der Waals surface area (Å²) >= 11 is 1.90. The summed E-state index contributed by atoms with van der Waals surface area (Å²) in [6.07, 6.45) is 2.59. The lowest BCUT2D eigenvalue weighted by atomic mass is 10.1. The molecule has 0 saturated heterocycles. The molecule has 0 radical (unpaired) electrons. The van der Waals surface area contributed by atoms with E-state index in [1.165, 1.54) is 29.4 Å². The van der Waals surface area contributed by atoms with E-state index in [0.717, 1.165) is 16.3 Å². The van der Waals surface area contributed by atoms with E-state index in [1.807, 2.05) is 11.8 Å². The van der Waals surface area contributed by atoms with Gasteiger partial charge in [-0.3, -0.25) is 0 Å². The summed E-state index contributed by atoms with van der Waals surface area (Å²) in [4.78, 5) is 7.36. The summed E-state index contributed by atoms with van der Waals surface area (Å²) in [5.74, 6) is 1.10. The second-order valence-electron chi connectivity index (χ2n) is 6.81. The highest BCUT2D eigenvalue weighted by atomic mass is 35.5. The first-order valence-electron chi connectivity index (χ1n) is 8.43. The molecule has 0 amide bonds. The third kappa shape index (κ3) is 3.69. The number of para-hydroxylation sites is 1. The predicted octanol–water partition coefficient (Wildman–Crippen LogP) is 5.51. The third-order valence-corrected chi connectivity index (χ3v) is 6.29. The Hall–Kier alpha value is -1.55. The quantitative estimate of drug-likeness (QED) is 0.551. The van der Waals surface area contributed by atoms with Gasteiger partial charge in [-0.1, -0.05) is 48.5 Å². The van der Waals surface area contributed by atoms with Crippen LogP contribution in [0.5, 0.6) is 0 Å². The maximum Gasteiger partial charge on any atom is 0.105 e. The summed E-state index contributed by atoms with van der Waals surface area (Å²) in [6.45, 7) is 0. The highest BCUT2D eigenvalue weighted by Gasteiger charge is 2.44. The van der Waals surface area contributed by atoms with Crippen LogP contribution in [-0.4, -0.2) is 35.3 Å². The first-order valence-corrected chi connectivity index (χ1v) is 9.42. The molecule has 0 N–H and O–H groups in total. The van der Waals surface area contributed by atoms with Crippen LogP contribution in [0, 0.1) is 0 Å². The molecule has 2 aromatic carbocycles. The summed E-state index contributed by atoms with van der Waals surface area (Å²) in [7, 11) is 4.39. The van der Waals surface area contributed by atoms with Gasteiger partial charge in [0.15, 0.2) is 0 Å². The Bertz CT molecular complexity index is 860. The molecule has 130 valence electrons. The lowest BCUT2D eigenvalue weighted by Gasteiger charge is -2.23. The van der Waals surface area contributed by atoms with E-state index in [2.05, 4.69) is 79.7 Å². The lowest BCUT2D eigenvalue weighted by molar-refractivity contribution is 0.299. The number of hydrogen-bond acceptors (Lipinski definition) is 3.